The van der Waals surface area contributed by atoms with Crippen molar-refractivity contribution in [1.82, 2.24) is 15.4 Å². The molecule has 0 fully saturated rings. The molecular weight excluding hydrogens is 256 g/mol. The Morgan fingerprint density at radius 3 is 2.90 bits per heavy atom. The average molecular weight is 272 g/mol. The molecule has 0 saturated carbocycles. The van der Waals surface area contributed by atoms with E-state index in [2.05, 4.69) is 21.5 Å². The molecule has 2 aromatic rings. The highest BCUT2D eigenvalue weighted by Crippen LogP contribution is 2.34. The maximum Gasteiger partial charge on any atom is 0.237 e. The van der Waals surface area contributed by atoms with Crippen molar-refractivity contribution in [3.05, 3.63) is 47.9 Å². The van der Waals surface area contributed by atoms with Gasteiger partial charge < -0.3 is 9.47 Å². The molecule has 0 amide bonds. The minimum Gasteiger partial charge on any atom is -0.488 e. The Morgan fingerprint density at radius 2 is 2.15 bits per heavy atom. The van der Waals surface area contributed by atoms with Crippen molar-refractivity contribution in [3.63, 3.8) is 0 Å². The second-order valence-electron chi connectivity index (χ2n) is 4.56. The van der Waals surface area contributed by atoms with Gasteiger partial charge in [-0.2, -0.15) is 0 Å². The van der Waals surface area contributed by atoms with Crippen LogP contribution < -0.4 is 20.7 Å². The van der Waals surface area contributed by atoms with E-state index in [-0.39, 0.29) is 12.1 Å². The fourth-order valence-corrected chi connectivity index (χ4v) is 2.46. The number of hydrazine groups is 1. The summed E-state index contributed by atoms with van der Waals surface area (Å²) >= 11 is 0. The molecule has 1 aliphatic rings. The van der Waals surface area contributed by atoms with E-state index in [1.807, 2.05) is 18.2 Å². The van der Waals surface area contributed by atoms with Crippen molar-refractivity contribution in [3.8, 4) is 11.6 Å². The quantitative estimate of drug-likeness (QED) is 0.638. The zero-order valence-corrected chi connectivity index (χ0v) is 11.1. The first kappa shape index (κ1) is 12.8. The Bertz CT molecular complexity index is 580. The molecule has 2 unspecified atom stereocenters. The van der Waals surface area contributed by atoms with Crippen LogP contribution >= 0.6 is 0 Å². The van der Waals surface area contributed by atoms with Crippen LogP contribution in [0.5, 0.6) is 11.6 Å². The summed E-state index contributed by atoms with van der Waals surface area (Å²) in [4.78, 5) is 8.47. The Morgan fingerprint density at radius 1 is 1.35 bits per heavy atom. The van der Waals surface area contributed by atoms with Crippen molar-refractivity contribution in [2.24, 2.45) is 5.84 Å². The normalized spacial score (nSPS) is 18.2. The average Bonchev–Trinajstić information content (AvgIpc) is 2.92. The van der Waals surface area contributed by atoms with Crippen LogP contribution in [0.2, 0.25) is 0 Å². The second kappa shape index (κ2) is 5.44. The number of para-hydroxylation sites is 1. The minimum atomic E-state index is -0.286. The Labute approximate surface area is 116 Å². The van der Waals surface area contributed by atoms with Gasteiger partial charge in [-0.05, 0) is 11.6 Å². The maximum absolute atomic E-state index is 5.95. The lowest BCUT2D eigenvalue weighted by molar-refractivity contribution is 0.173. The van der Waals surface area contributed by atoms with E-state index in [0.29, 0.717) is 11.6 Å². The lowest BCUT2D eigenvalue weighted by atomic mass is 10.0. The predicted molar refractivity (Wildman–Crippen MR) is 73.2 cm³/mol. The summed E-state index contributed by atoms with van der Waals surface area (Å²) in [5.41, 5.74) is 4.58. The molecule has 0 radical (unpaired) electrons. The van der Waals surface area contributed by atoms with Crippen LogP contribution in [0.3, 0.4) is 0 Å². The third kappa shape index (κ3) is 2.19. The van der Waals surface area contributed by atoms with Gasteiger partial charge >= 0.3 is 0 Å². The van der Waals surface area contributed by atoms with Gasteiger partial charge in [-0.1, -0.05) is 18.2 Å². The van der Waals surface area contributed by atoms with E-state index in [1.54, 1.807) is 19.5 Å². The van der Waals surface area contributed by atoms with Gasteiger partial charge in [0.05, 0.1) is 7.11 Å². The van der Waals surface area contributed by atoms with Gasteiger partial charge in [0.1, 0.15) is 23.6 Å². The molecule has 1 aromatic carbocycles. The number of rotatable bonds is 4. The first-order valence-corrected chi connectivity index (χ1v) is 6.39. The van der Waals surface area contributed by atoms with E-state index >= 15 is 0 Å². The molecule has 3 rings (SSSR count). The molecule has 0 bridgehead atoms. The van der Waals surface area contributed by atoms with E-state index in [9.17, 15) is 0 Å². The van der Waals surface area contributed by atoms with Gasteiger partial charge in [0.15, 0.2) is 0 Å². The van der Waals surface area contributed by atoms with E-state index in [4.69, 9.17) is 15.3 Å². The summed E-state index contributed by atoms with van der Waals surface area (Å²) in [5, 5.41) is 0. The molecular formula is C14H16N4O2. The first-order chi connectivity index (χ1) is 9.83. The largest absolute Gasteiger partial charge is 0.488 e. The summed E-state index contributed by atoms with van der Waals surface area (Å²) in [5.74, 6) is 7.03. The molecule has 0 spiro atoms. The number of fused-ring (bicyclic) bond motifs is 1. The van der Waals surface area contributed by atoms with Crippen LogP contribution in [0.25, 0.3) is 0 Å². The second-order valence-corrected chi connectivity index (χ2v) is 4.56. The number of hydrogen-bond acceptors (Lipinski definition) is 6. The van der Waals surface area contributed by atoms with Crippen LogP contribution in [-0.4, -0.2) is 23.2 Å². The summed E-state index contributed by atoms with van der Waals surface area (Å²) in [6, 6.07) is 7.67. The summed E-state index contributed by atoms with van der Waals surface area (Å²) in [6.45, 7) is 0. The molecule has 1 aromatic heterocycles. The standard InChI is InChI=1S/C14H16N4O2/c1-19-14-13(16-6-7-17-14)12(18-15)11-8-9-4-2-3-5-10(9)20-11/h2-7,11-12,18H,8,15H2,1H3. The molecule has 2 atom stereocenters. The van der Waals surface area contributed by atoms with Crippen molar-refractivity contribution in [1.29, 1.82) is 0 Å². The number of hydrogen-bond donors (Lipinski definition) is 2. The van der Waals surface area contributed by atoms with Crippen molar-refractivity contribution >= 4 is 0 Å². The van der Waals surface area contributed by atoms with Crippen LogP contribution in [0.1, 0.15) is 17.3 Å². The number of nitrogens with zero attached hydrogens (tertiary/aromatic N) is 2. The van der Waals surface area contributed by atoms with Crippen molar-refractivity contribution in [2.75, 3.05) is 7.11 Å². The highest BCUT2D eigenvalue weighted by Gasteiger charge is 2.33. The number of ether oxygens (including phenoxy) is 2. The van der Waals surface area contributed by atoms with Gasteiger partial charge in [0, 0.05) is 18.8 Å². The van der Waals surface area contributed by atoms with Gasteiger partial charge in [0.2, 0.25) is 5.88 Å². The van der Waals surface area contributed by atoms with Gasteiger partial charge in [-0.15, -0.1) is 0 Å². The van der Waals surface area contributed by atoms with Gasteiger partial charge in [-0.25, -0.2) is 10.4 Å². The highest BCUT2D eigenvalue weighted by molar-refractivity contribution is 5.38. The number of methoxy groups -OCH3 is 1. The third-order valence-corrected chi connectivity index (χ3v) is 3.40. The van der Waals surface area contributed by atoms with Crippen LogP contribution in [0, 0.1) is 0 Å². The van der Waals surface area contributed by atoms with E-state index in [0.717, 1.165) is 12.2 Å². The number of aromatic nitrogens is 2. The number of nitrogens with one attached hydrogen (secondary N) is 1. The summed E-state index contributed by atoms with van der Waals surface area (Å²) < 4.78 is 11.2. The van der Waals surface area contributed by atoms with Crippen LogP contribution in [-0.2, 0) is 6.42 Å². The smallest absolute Gasteiger partial charge is 0.237 e. The molecule has 0 saturated heterocycles. The zero-order chi connectivity index (χ0) is 13.9. The highest BCUT2D eigenvalue weighted by atomic mass is 16.5. The lowest BCUT2D eigenvalue weighted by Gasteiger charge is -2.22. The SMILES string of the molecule is COc1nccnc1C(NN)C1Cc2ccccc2O1. The van der Waals surface area contributed by atoms with E-state index in [1.165, 1.54) is 5.56 Å². The van der Waals surface area contributed by atoms with Crippen LogP contribution in [0.4, 0.5) is 0 Å². The third-order valence-electron chi connectivity index (χ3n) is 3.40. The molecule has 1 aliphatic heterocycles. The van der Waals surface area contributed by atoms with E-state index < -0.39 is 0 Å². The molecule has 6 nitrogen and oxygen atoms in total. The zero-order valence-electron chi connectivity index (χ0n) is 11.1. The first-order valence-electron chi connectivity index (χ1n) is 6.39. The Hall–Kier alpha value is -2.18. The molecule has 20 heavy (non-hydrogen) atoms. The van der Waals surface area contributed by atoms with Crippen LogP contribution in [0.15, 0.2) is 36.7 Å². The van der Waals surface area contributed by atoms with Gasteiger partial charge in [0.25, 0.3) is 0 Å². The molecule has 104 valence electrons. The molecule has 0 aliphatic carbocycles. The maximum atomic E-state index is 5.95. The molecule has 2 heterocycles. The number of nitrogens with two attached hydrogens (primary N) is 1. The van der Waals surface area contributed by atoms with Crippen molar-refractivity contribution in [2.45, 2.75) is 18.6 Å². The topological polar surface area (TPSA) is 82.3 Å². The van der Waals surface area contributed by atoms with Crippen molar-refractivity contribution < 1.29 is 9.47 Å². The number of benzene rings is 1. The summed E-state index contributed by atoms with van der Waals surface area (Å²) in [7, 11) is 1.56. The minimum absolute atomic E-state index is 0.136. The molecule has 3 N–H and O–H groups in total. The summed E-state index contributed by atoms with van der Waals surface area (Å²) in [6.07, 6.45) is 3.83. The Balaban J connectivity index is 1.89. The van der Waals surface area contributed by atoms with Gasteiger partial charge in [-0.3, -0.25) is 10.8 Å². The fraction of sp³-hybridized carbons (Fsp3) is 0.286. The monoisotopic (exact) mass is 272 g/mol. The fourth-order valence-electron chi connectivity index (χ4n) is 2.46. The predicted octanol–water partition coefficient (Wildman–Crippen LogP) is 0.993. The lowest BCUT2D eigenvalue weighted by Crippen LogP contribution is -2.39. The Kier molecular flexibility index (Phi) is 3.49. The molecule has 6 heteroatoms.